The molecule has 1 aliphatic rings. The Balaban J connectivity index is 2.18. The van der Waals surface area contributed by atoms with Gasteiger partial charge in [-0.1, -0.05) is 40.3 Å². The Hall–Kier alpha value is -0.403. The number of terminal acetylenes is 1. The van der Waals surface area contributed by atoms with E-state index in [9.17, 15) is 8.42 Å². The number of rotatable bonds is 4. The minimum atomic E-state index is -3.47. The van der Waals surface area contributed by atoms with E-state index in [0.717, 1.165) is 5.56 Å². The Morgan fingerprint density at radius 1 is 1.32 bits per heavy atom. The highest BCUT2D eigenvalue weighted by atomic mass is 127. The van der Waals surface area contributed by atoms with Crippen LogP contribution in [0, 0.1) is 18.9 Å². The average molecular weight is 449 g/mol. The molecule has 22 heavy (non-hydrogen) atoms. The average Bonchev–Trinajstić information content (AvgIpc) is 2.81. The first-order valence-electron chi connectivity index (χ1n) is 7.02. The maximum Gasteiger partial charge on any atom is 0.266 e. The first-order valence-corrected chi connectivity index (χ1v) is 12.6. The van der Waals surface area contributed by atoms with Crippen molar-refractivity contribution in [2.45, 2.75) is 34.9 Å². The lowest BCUT2D eigenvalue weighted by atomic mass is 10.2. The molecule has 0 N–H and O–H groups in total. The van der Waals surface area contributed by atoms with E-state index < -0.39 is 18.3 Å². The summed E-state index contributed by atoms with van der Waals surface area (Å²) in [5.41, 5.74) is 3.76. The van der Waals surface area contributed by atoms with Crippen LogP contribution in [0.3, 0.4) is 0 Å². The first-order chi connectivity index (χ1) is 10.2. The molecule has 0 spiro atoms. The van der Waals surface area contributed by atoms with E-state index in [1.54, 1.807) is 12.1 Å². The number of nitrogens with zero attached hydrogens (tertiary/aromatic N) is 1. The molecular weight excluding hydrogens is 429 g/mol. The van der Waals surface area contributed by atoms with Crippen LogP contribution >= 0.6 is 22.6 Å². The summed E-state index contributed by atoms with van der Waals surface area (Å²) < 4.78 is 33.1. The number of aryl methyl sites for hydroxylation is 1. The zero-order valence-corrected chi connectivity index (χ0v) is 16.9. The lowest BCUT2D eigenvalue weighted by Gasteiger charge is -2.23. The molecule has 0 aromatic heterocycles. The summed E-state index contributed by atoms with van der Waals surface area (Å²) in [4.78, 5) is 0.329. The first kappa shape index (κ1) is 17.9. The van der Waals surface area contributed by atoms with Crippen LogP contribution in [0.4, 0.5) is 0 Å². The summed E-state index contributed by atoms with van der Waals surface area (Å²) in [6.07, 6.45) is 5.37. The van der Waals surface area contributed by atoms with Crippen molar-refractivity contribution in [3.05, 3.63) is 29.8 Å². The van der Waals surface area contributed by atoms with Crippen LogP contribution in [0.1, 0.15) is 5.56 Å². The van der Waals surface area contributed by atoms with Gasteiger partial charge in [0, 0.05) is 13.1 Å². The van der Waals surface area contributed by atoms with Crippen LogP contribution in [-0.4, -0.2) is 44.2 Å². The summed E-state index contributed by atoms with van der Waals surface area (Å²) in [7, 11) is -5.63. The predicted octanol–water partition coefficient (Wildman–Crippen LogP) is 2.57. The van der Waals surface area contributed by atoms with Crippen LogP contribution < -0.4 is 0 Å². The van der Waals surface area contributed by atoms with Crippen LogP contribution in [0.5, 0.6) is 0 Å². The van der Waals surface area contributed by atoms with E-state index in [0.29, 0.717) is 18.0 Å². The van der Waals surface area contributed by atoms with E-state index in [2.05, 4.69) is 28.1 Å². The molecule has 1 fully saturated rings. The van der Waals surface area contributed by atoms with Gasteiger partial charge >= 0.3 is 0 Å². The zero-order valence-electron chi connectivity index (χ0n) is 12.9. The lowest BCUT2D eigenvalue weighted by molar-refractivity contribution is 0.219. The quantitative estimate of drug-likeness (QED) is 0.307. The number of sulfonamides is 1. The molecule has 4 nitrogen and oxygen atoms in total. The molecule has 0 amide bonds. The second-order valence-corrected chi connectivity index (χ2v) is 13.0. The Morgan fingerprint density at radius 2 is 1.91 bits per heavy atom. The van der Waals surface area contributed by atoms with Gasteiger partial charge in [-0.2, -0.15) is 4.31 Å². The molecule has 1 aromatic carbocycles. The van der Waals surface area contributed by atoms with E-state index >= 15 is 0 Å². The molecule has 7 heteroatoms. The molecule has 120 valence electrons. The van der Waals surface area contributed by atoms with Gasteiger partial charge in [0.1, 0.15) is 0 Å². The minimum Gasteiger partial charge on any atom is -0.400 e. The zero-order chi connectivity index (χ0) is 16.5. The number of hydrogen-bond donors (Lipinski definition) is 0. The monoisotopic (exact) mass is 449 g/mol. The van der Waals surface area contributed by atoms with Crippen molar-refractivity contribution in [1.82, 2.24) is 4.31 Å². The second-order valence-electron chi connectivity index (χ2n) is 5.96. The highest BCUT2D eigenvalue weighted by Gasteiger charge is 2.41. The van der Waals surface area contributed by atoms with Gasteiger partial charge in [0.05, 0.1) is 14.9 Å². The van der Waals surface area contributed by atoms with Gasteiger partial charge in [0.15, 0.2) is 0 Å². The van der Waals surface area contributed by atoms with Crippen LogP contribution in [-0.2, 0) is 14.4 Å². The number of benzene rings is 1. The van der Waals surface area contributed by atoms with Crippen molar-refractivity contribution in [3.8, 4) is 12.0 Å². The third-order valence-electron chi connectivity index (χ3n) is 3.62. The predicted molar refractivity (Wildman–Crippen MR) is 98.9 cm³/mol. The van der Waals surface area contributed by atoms with Crippen molar-refractivity contribution in [2.24, 2.45) is 0 Å². The molecule has 1 aliphatic heterocycles. The van der Waals surface area contributed by atoms with E-state index in [1.165, 1.54) is 4.31 Å². The number of alkyl halides is 1. The van der Waals surface area contributed by atoms with E-state index in [1.807, 2.05) is 32.2 Å². The molecule has 1 heterocycles. The molecule has 0 unspecified atom stereocenters. The minimum absolute atomic E-state index is 0.109. The summed E-state index contributed by atoms with van der Waals surface area (Å²) in [6.45, 7) is 6.66. The van der Waals surface area contributed by atoms with Crippen LogP contribution in [0.15, 0.2) is 29.2 Å². The SMILES string of the molecule is C#C[Si](C)(C)O[C@H]1CN(S(=O)(=O)c2ccc(C)cc2)C[C@@H]1I. The topological polar surface area (TPSA) is 46.6 Å². The molecule has 0 saturated carbocycles. The maximum absolute atomic E-state index is 12.7. The van der Waals surface area contributed by atoms with Gasteiger partial charge in [-0.3, -0.25) is 0 Å². The van der Waals surface area contributed by atoms with Crippen LogP contribution in [0.2, 0.25) is 13.1 Å². The molecular formula is C15H20INO3SSi. The molecule has 0 bridgehead atoms. The Bertz CT molecular complexity index is 682. The summed E-state index contributed by atoms with van der Waals surface area (Å²) in [6, 6.07) is 6.93. The maximum atomic E-state index is 12.7. The van der Waals surface area contributed by atoms with Crippen molar-refractivity contribution in [2.75, 3.05) is 13.1 Å². The third-order valence-corrected chi connectivity index (χ3v) is 8.25. The van der Waals surface area contributed by atoms with Crippen molar-refractivity contribution < 1.29 is 12.8 Å². The molecule has 1 saturated heterocycles. The van der Waals surface area contributed by atoms with Crippen molar-refractivity contribution >= 4 is 40.9 Å². The fourth-order valence-corrected chi connectivity index (χ4v) is 6.22. The highest BCUT2D eigenvalue weighted by molar-refractivity contribution is 14.1. The normalized spacial score (nSPS) is 23.4. The highest BCUT2D eigenvalue weighted by Crippen LogP contribution is 2.28. The number of hydrogen-bond acceptors (Lipinski definition) is 3. The molecule has 0 aliphatic carbocycles. The van der Waals surface area contributed by atoms with Gasteiger partial charge in [0.2, 0.25) is 10.0 Å². The second kappa shape index (κ2) is 6.61. The van der Waals surface area contributed by atoms with Gasteiger partial charge < -0.3 is 4.43 Å². The largest absolute Gasteiger partial charge is 0.400 e. The summed E-state index contributed by atoms with van der Waals surface area (Å²) in [5, 5.41) is 0. The lowest BCUT2D eigenvalue weighted by Crippen LogP contribution is -2.38. The fraction of sp³-hybridized carbons (Fsp3) is 0.467. The van der Waals surface area contributed by atoms with Gasteiger partial charge in [-0.05, 0) is 32.2 Å². The van der Waals surface area contributed by atoms with Crippen molar-refractivity contribution in [1.29, 1.82) is 0 Å². The molecule has 2 atom stereocenters. The Morgan fingerprint density at radius 3 is 2.45 bits per heavy atom. The third kappa shape index (κ3) is 3.92. The Kier molecular flexibility index (Phi) is 5.39. The summed E-state index contributed by atoms with van der Waals surface area (Å²) in [5.74, 6) is 0. The number of halogens is 1. The fourth-order valence-electron chi connectivity index (χ4n) is 2.28. The smallest absolute Gasteiger partial charge is 0.266 e. The van der Waals surface area contributed by atoms with Gasteiger partial charge in [0.25, 0.3) is 8.32 Å². The Labute approximate surface area is 147 Å². The summed E-state index contributed by atoms with van der Waals surface area (Å²) >= 11 is 2.25. The van der Waals surface area contributed by atoms with Crippen LogP contribution in [0.25, 0.3) is 0 Å². The van der Waals surface area contributed by atoms with E-state index in [-0.39, 0.29) is 10.0 Å². The van der Waals surface area contributed by atoms with E-state index in [4.69, 9.17) is 10.8 Å². The van der Waals surface area contributed by atoms with Gasteiger partial charge in [-0.25, -0.2) is 8.42 Å². The molecule has 1 aromatic rings. The van der Waals surface area contributed by atoms with Gasteiger partial charge in [-0.15, -0.1) is 12.0 Å². The standard InChI is InChI=1S/C15H20INO3SSi/c1-5-22(3,4)20-15-11-17(10-14(15)16)21(18,19)13-8-6-12(2)7-9-13/h1,6-9,14-15H,10-11H2,2-4H3/t14-,15-/m0/s1. The van der Waals surface area contributed by atoms with Crippen molar-refractivity contribution in [3.63, 3.8) is 0 Å². The molecule has 0 radical (unpaired) electrons. The molecule has 2 rings (SSSR count).